The van der Waals surface area contributed by atoms with Crippen LogP contribution in [0.5, 0.6) is 0 Å². The van der Waals surface area contributed by atoms with Gasteiger partial charge in [0.25, 0.3) is 0 Å². The van der Waals surface area contributed by atoms with Crippen LogP contribution in [-0.4, -0.2) is 23.9 Å². The van der Waals surface area contributed by atoms with Gasteiger partial charge in [0.15, 0.2) is 0 Å². The summed E-state index contributed by atoms with van der Waals surface area (Å²) >= 11 is 5.19. The van der Waals surface area contributed by atoms with Crippen molar-refractivity contribution in [3.8, 4) is 0 Å². The van der Waals surface area contributed by atoms with Gasteiger partial charge in [0, 0.05) is 6.04 Å². The van der Waals surface area contributed by atoms with Gasteiger partial charge in [-0.25, -0.2) is 4.79 Å². The number of carbonyl (C=O) groups is 2. The van der Waals surface area contributed by atoms with Crippen LogP contribution in [0.4, 0.5) is 4.79 Å². The molecule has 0 saturated carbocycles. The van der Waals surface area contributed by atoms with E-state index in [4.69, 9.17) is 11.6 Å². The third kappa shape index (κ3) is 6.16. The number of urea groups is 1. The molecule has 2 N–H and O–H groups in total. The van der Waals surface area contributed by atoms with Crippen LogP contribution in [0.2, 0.25) is 0 Å². The minimum atomic E-state index is -0.528. The highest BCUT2D eigenvalue weighted by atomic mass is 35.5. The van der Waals surface area contributed by atoms with Crippen molar-refractivity contribution in [2.75, 3.05) is 5.88 Å². The Balaban J connectivity index is 3.73. The van der Waals surface area contributed by atoms with E-state index >= 15 is 0 Å². The molecule has 0 aliphatic rings. The molecule has 0 aromatic carbocycles. The van der Waals surface area contributed by atoms with Crippen LogP contribution in [0, 0.1) is 0 Å². The molecule has 0 rings (SSSR count). The SMILES string of the molecule is C=CCC(C)NC(=O)NC(=O)CCl. The van der Waals surface area contributed by atoms with Crippen molar-refractivity contribution in [1.29, 1.82) is 0 Å². The van der Waals surface area contributed by atoms with Crippen LogP contribution in [0.15, 0.2) is 12.7 Å². The minimum absolute atomic E-state index is 0.0411. The van der Waals surface area contributed by atoms with E-state index in [1.54, 1.807) is 6.08 Å². The summed E-state index contributed by atoms with van der Waals surface area (Å²) in [6.07, 6.45) is 2.34. The molecule has 4 nitrogen and oxygen atoms in total. The molecule has 1 atom stereocenters. The average molecular weight is 205 g/mol. The number of hydrogen-bond acceptors (Lipinski definition) is 2. The second-order valence-electron chi connectivity index (χ2n) is 2.58. The van der Waals surface area contributed by atoms with Crippen LogP contribution in [0.3, 0.4) is 0 Å². The summed E-state index contributed by atoms with van der Waals surface area (Å²) in [4.78, 5) is 21.6. The Kier molecular flexibility index (Phi) is 5.97. The Morgan fingerprint density at radius 1 is 1.62 bits per heavy atom. The first-order chi connectivity index (χ1) is 6.10. The number of rotatable bonds is 4. The van der Waals surface area contributed by atoms with Gasteiger partial charge >= 0.3 is 6.03 Å². The second kappa shape index (κ2) is 6.48. The van der Waals surface area contributed by atoms with E-state index in [1.807, 2.05) is 6.92 Å². The van der Waals surface area contributed by atoms with E-state index in [0.717, 1.165) is 0 Å². The molecule has 0 spiro atoms. The van der Waals surface area contributed by atoms with E-state index in [1.165, 1.54) is 0 Å². The molecule has 0 aliphatic heterocycles. The van der Waals surface area contributed by atoms with Crippen molar-refractivity contribution >= 4 is 23.5 Å². The molecular weight excluding hydrogens is 192 g/mol. The Labute approximate surface area is 82.3 Å². The predicted molar refractivity (Wildman–Crippen MR) is 51.7 cm³/mol. The zero-order chi connectivity index (χ0) is 10.3. The standard InChI is InChI=1S/C8H13ClN2O2/c1-3-4-6(2)10-8(13)11-7(12)5-9/h3,6H,1,4-5H2,2H3,(H2,10,11,12,13). The third-order valence-corrected chi connectivity index (χ3v) is 1.51. The van der Waals surface area contributed by atoms with Crippen LogP contribution in [0.1, 0.15) is 13.3 Å². The molecule has 0 aromatic rings. The fourth-order valence-corrected chi connectivity index (χ4v) is 0.796. The third-order valence-electron chi connectivity index (χ3n) is 1.27. The molecule has 0 fully saturated rings. The number of alkyl halides is 1. The zero-order valence-corrected chi connectivity index (χ0v) is 8.23. The van der Waals surface area contributed by atoms with Gasteiger partial charge in [-0.3, -0.25) is 10.1 Å². The summed E-state index contributed by atoms with van der Waals surface area (Å²) in [6.45, 7) is 5.34. The van der Waals surface area contributed by atoms with E-state index in [0.29, 0.717) is 6.42 Å². The number of imide groups is 1. The number of halogens is 1. The van der Waals surface area contributed by atoms with Gasteiger partial charge in [0.2, 0.25) is 5.91 Å². The second-order valence-corrected chi connectivity index (χ2v) is 2.85. The van der Waals surface area contributed by atoms with Gasteiger partial charge in [-0.1, -0.05) is 6.08 Å². The van der Waals surface area contributed by atoms with Crippen LogP contribution in [0.25, 0.3) is 0 Å². The van der Waals surface area contributed by atoms with Gasteiger partial charge in [-0.15, -0.1) is 18.2 Å². The molecule has 0 saturated heterocycles. The van der Waals surface area contributed by atoms with Crippen molar-refractivity contribution in [1.82, 2.24) is 10.6 Å². The smallest absolute Gasteiger partial charge is 0.321 e. The lowest BCUT2D eigenvalue weighted by Crippen LogP contribution is -2.43. The Hall–Kier alpha value is -1.03. The summed E-state index contributed by atoms with van der Waals surface area (Å²) < 4.78 is 0. The highest BCUT2D eigenvalue weighted by Crippen LogP contribution is 1.89. The van der Waals surface area contributed by atoms with Gasteiger partial charge in [0.05, 0.1) is 0 Å². The van der Waals surface area contributed by atoms with Crippen LogP contribution >= 0.6 is 11.6 Å². The highest BCUT2D eigenvalue weighted by molar-refractivity contribution is 6.28. The minimum Gasteiger partial charge on any atom is -0.335 e. The quantitative estimate of drug-likeness (QED) is 0.531. The molecule has 13 heavy (non-hydrogen) atoms. The Morgan fingerprint density at radius 2 is 2.23 bits per heavy atom. The summed E-state index contributed by atoms with van der Waals surface area (Å²) in [5.41, 5.74) is 0. The molecule has 0 bridgehead atoms. The molecular formula is C8H13ClN2O2. The Morgan fingerprint density at radius 3 is 2.69 bits per heavy atom. The maximum Gasteiger partial charge on any atom is 0.321 e. The van der Waals surface area contributed by atoms with Crippen molar-refractivity contribution in [3.05, 3.63) is 12.7 Å². The number of hydrogen-bond donors (Lipinski definition) is 2. The van der Waals surface area contributed by atoms with Crippen molar-refractivity contribution in [2.45, 2.75) is 19.4 Å². The number of carbonyl (C=O) groups excluding carboxylic acids is 2. The van der Waals surface area contributed by atoms with Crippen molar-refractivity contribution < 1.29 is 9.59 Å². The summed E-state index contributed by atoms with van der Waals surface area (Å²) in [7, 11) is 0. The first kappa shape index (κ1) is 12.0. The molecule has 74 valence electrons. The summed E-state index contributed by atoms with van der Waals surface area (Å²) in [6, 6.07) is -0.569. The fourth-order valence-electron chi connectivity index (χ4n) is 0.729. The predicted octanol–water partition coefficient (Wildman–Crippen LogP) is 1.02. The molecule has 3 amide bonds. The number of amides is 3. The fraction of sp³-hybridized carbons (Fsp3) is 0.500. The molecule has 1 unspecified atom stereocenters. The maximum atomic E-state index is 11.0. The van der Waals surface area contributed by atoms with E-state index in [9.17, 15) is 9.59 Å². The van der Waals surface area contributed by atoms with Crippen LogP contribution in [-0.2, 0) is 4.79 Å². The lowest BCUT2D eigenvalue weighted by atomic mass is 10.2. The van der Waals surface area contributed by atoms with Crippen LogP contribution < -0.4 is 10.6 Å². The molecule has 0 heterocycles. The monoisotopic (exact) mass is 204 g/mol. The lowest BCUT2D eigenvalue weighted by molar-refractivity contribution is -0.117. The molecule has 0 radical (unpaired) electrons. The van der Waals surface area contributed by atoms with Crippen molar-refractivity contribution in [3.63, 3.8) is 0 Å². The van der Waals surface area contributed by atoms with Crippen molar-refractivity contribution in [2.24, 2.45) is 0 Å². The first-order valence-electron chi connectivity index (χ1n) is 3.87. The maximum absolute atomic E-state index is 11.0. The van der Waals surface area contributed by atoms with E-state index in [2.05, 4.69) is 17.2 Å². The molecule has 0 aliphatic carbocycles. The Bertz CT molecular complexity index is 206. The lowest BCUT2D eigenvalue weighted by Gasteiger charge is -2.11. The highest BCUT2D eigenvalue weighted by Gasteiger charge is 2.08. The summed E-state index contributed by atoms with van der Waals surface area (Å²) in [5.74, 6) is -0.728. The van der Waals surface area contributed by atoms with E-state index in [-0.39, 0.29) is 11.9 Å². The average Bonchev–Trinajstić information content (AvgIpc) is 2.04. The normalized spacial score (nSPS) is 11.5. The van der Waals surface area contributed by atoms with E-state index < -0.39 is 11.9 Å². The van der Waals surface area contributed by atoms with Gasteiger partial charge < -0.3 is 5.32 Å². The van der Waals surface area contributed by atoms with Gasteiger partial charge in [0.1, 0.15) is 5.88 Å². The first-order valence-corrected chi connectivity index (χ1v) is 4.40. The van der Waals surface area contributed by atoms with Gasteiger partial charge in [-0.05, 0) is 13.3 Å². The largest absolute Gasteiger partial charge is 0.335 e. The topological polar surface area (TPSA) is 58.2 Å². The molecule has 5 heteroatoms. The summed E-state index contributed by atoms with van der Waals surface area (Å²) in [5, 5.41) is 4.61. The number of nitrogens with one attached hydrogen (secondary N) is 2. The molecule has 0 aromatic heterocycles. The van der Waals surface area contributed by atoms with Gasteiger partial charge in [-0.2, -0.15) is 0 Å². The zero-order valence-electron chi connectivity index (χ0n) is 7.47.